The van der Waals surface area contributed by atoms with Crippen molar-refractivity contribution in [2.24, 2.45) is 5.73 Å². The summed E-state index contributed by atoms with van der Waals surface area (Å²) >= 11 is 2.84. The molecule has 23 nitrogen and oxygen atoms in total. The summed E-state index contributed by atoms with van der Waals surface area (Å²) in [5.74, 6) is 3.18. The number of nitrogens with two attached hydrogens (primary N) is 1. The van der Waals surface area contributed by atoms with Gasteiger partial charge in [0.25, 0.3) is 11.1 Å². The Hall–Kier alpha value is -7.68. The number of amides is 1. The first-order valence-corrected chi connectivity index (χ1v) is 26.4. The molecule has 0 unspecified atom stereocenters. The van der Waals surface area contributed by atoms with Gasteiger partial charge in [0.1, 0.15) is 66.4 Å². The molecule has 0 bridgehead atoms. The minimum atomic E-state index is -0.329. The number of pyridine rings is 2. The maximum Gasteiger partial charge on any atom is 0.267 e. The monoisotopic (exact) mass is 1510 g/mol. The fourth-order valence-corrected chi connectivity index (χ4v) is 8.49. The smallest absolute Gasteiger partial charge is 0.267 e. The number of carbonyl (C=O) groups excluding carboxylic acids is 2. The molecule has 8 heterocycles. The van der Waals surface area contributed by atoms with E-state index in [9.17, 15) is 24.3 Å². The molecule has 2 aliphatic rings. The van der Waals surface area contributed by atoms with Crippen molar-refractivity contribution in [2.45, 2.75) is 90.6 Å². The summed E-state index contributed by atoms with van der Waals surface area (Å²) in [4.78, 5) is 76.1. The maximum atomic E-state index is 13.8. The van der Waals surface area contributed by atoms with Gasteiger partial charge in [0.2, 0.25) is 5.91 Å². The Kier molecular flexibility index (Phi) is 21.2. The van der Waals surface area contributed by atoms with Crippen LogP contribution in [0.1, 0.15) is 102 Å². The van der Waals surface area contributed by atoms with E-state index in [1.807, 2.05) is 78.1 Å². The molecule has 10 aromatic rings. The zero-order valence-electron chi connectivity index (χ0n) is 46.1. The number of Topliss-reactive ketones (excluding diaryl/α,β-unsaturated/α-hetero) is 1. The molecule has 2 fully saturated rings. The third kappa shape index (κ3) is 13.8. The standard InChI is InChI=1S/C28H28N8O3.C24H22N8O2.C2H4BrNO.2CH3.2W/c1-4-19(37)13-39-25-11-22-20(10-24(25)34-12-23(29-14-34)18-8-9-18)28(38)36(15-30-22)26-7-5-6-21(32-26)27-33-31-16-35(27)17(2)3;1-14(2)31-13-27-29-23(31)17-4-3-5-22(28-17)32-12-26-18-9-21(33)20(8-16(18)24(32)34)30-10-19(25-11-30)15-6-7-15;3-1-2(4)5;;;;/h5-7,10-12,14-18H,4,8-9,13H2,1-3H3;3-5,8-15,33H,6-7H2,1-2H3;1H2,(H2,4,5);2*1H3;;/q;;;2*-1;;. The van der Waals surface area contributed by atoms with Gasteiger partial charge in [-0.3, -0.25) is 28.3 Å². The molecule has 3 N–H and O–H groups in total. The van der Waals surface area contributed by atoms with Crippen molar-refractivity contribution in [3.05, 3.63) is 158 Å². The van der Waals surface area contributed by atoms with Gasteiger partial charge in [0.05, 0.1) is 62.6 Å². The fourth-order valence-electron chi connectivity index (χ4n) is 8.49. The number of imidazole rings is 2. The summed E-state index contributed by atoms with van der Waals surface area (Å²) in [6.45, 7) is 9.88. The average Bonchev–Trinajstić information content (AvgIpc) is 4.19. The van der Waals surface area contributed by atoms with Gasteiger partial charge in [-0.05, 0) is 89.8 Å². The van der Waals surface area contributed by atoms with Crippen LogP contribution in [0.2, 0.25) is 0 Å². The number of ether oxygens (including phenoxy) is 1. The van der Waals surface area contributed by atoms with Gasteiger partial charge in [-0.2, -0.15) is 0 Å². The fraction of sp³-hybridized carbons (Fsp3) is 0.286. The second-order valence-electron chi connectivity index (χ2n) is 19.3. The Morgan fingerprint density at radius 2 is 1.12 bits per heavy atom. The van der Waals surface area contributed by atoms with Gasteiger partial charge in [-0.1, -0.05) is 35.0 Å². The molecule has 8 aromatic heterocycles. The summed E-state index contributed by atoms with van der Waals surface area (Å²) in [5.41, 5.74) is 9.20. The van der Waals surface area contributed by atoms with Gasteiger partial charge >= 0.3 is 0 Å². The van der Waals surface area contributed by atoms with E-state index in [-0.39, 0.29) is 110 Å². The summed E-state index contributed by atoms with van der Waals surface area (Å²) in [6, 6.07) is 17.7. The number of carbonyl (C=O) groups is 2. The van der Waals surface area contributed by atoms with Gasteiger partial charge in [0, 0.05) is 97.0 Å². The van der Waals surface area contributed by atoms with Gasteiger partial charge in [0.15, 0.2) is 17.4 Å². The van der Waals surface area contributed by atoms with Crippen molar-refractivity contribution in [3.63, 3.8) is 0 Å². The van der Waals surface area contributed by atoms with Crippen LogP contribution in [0.3, 0.4) is 0 Å². The van der Waals surface area contributed by atoms with Crippen molar-refractivity contribution in [1.29, 1.82) is 0 Å². The molecule has 0 atom stereocenters. The van der Waals surface area contributed by atoms with Crippen LogP contribution in [-0.2, 0) is 51.7 Å². The predicted octanol–water partition coefficient (Wildman–Crippen LogP) is 8.19. The molecule has 2 aliphatic carbocycles. The Bertz CT molecular complexity index is 3990. The Morgan fingerprint density at radius 3 is 1.56 bits per heavy atom. The number of aromatic hydroxyl groups is 1. The number of phenolic OH excluding ortho intramolecular Hbond substituents is 1. The molecule has 426 valence electrons. The largest absolute Gasteiger partial charge is 0.506 e. The number of benzene rings is 2. The van der Waals surface area contributed by atoms with Gasteiger partial charge in [-0.25, -0.2) is 29.9 Å². The number of hydrogen-bond acceptors (Lipinski definition) is 16. The van der Waals surface area contributed by atoms with E-state index in [1.165, 1.54) is 27.9 Å². The van der Waals surface area contributed by atoms with E-state index in [1.54, 1.807) is 67.1 Å². The minimum Gasteiger partial charge on any atom is -0.506 e. The van der Waals surface area contributed by atoms with Crippen molar-refractivity contribution in [3.8, 4) is 57.5 Å². The normalized spacial score (nSPS) is 12.5. The number of fused-ring (bicyclic) bond motifs is 2. The SMILES string of the molecule is CC(C)n1cnnc1-c1cccc(-n2cnc3cc(O)c(-n4cnc(C5CC5)c4)cc3c2=O)n1.CCC(=O)COc1cc2ncn(-c3cccc(-c4nncn4C(C)C)n3)c(=O)c2cc1-n1cnc(C2CC2)c1.NC(=O)CBr.[CH3-].[CH3-].[W].[W]. The third-order valence-corrected chi connectivity index (χ3v) is 13.6. The number of aromatic nitrogens is 16. The van der Waals surface area contributed by atoms with E-state index in [2.05, 4.69) is 67.0 Å². The first kappa shape index (κ1) is 63.5. The quantitative estimate of drug-likeness (QED) is 0.0722. The van der Waals surface area contributed by atoms with Crippen LogP contribution in [0.5, 0.6) is 11.5 Å². The van der Waals surface area contributed by atoms with E-state index in [0.29, 0.717) is 91.9 Å². The zero-order valence-corrected chi connectivity index (χ0v) is 53.5. The van der Waals surface area contributed by atoms with Crippen LogP contribution < -0.4 is 21.6 Å². The molecule has 26 heteroatoms. The molecule has 0 saturated heterocycles. The first-order valence-electron chi connectivity index (χ1n) is 25.3. The molecular formula is C56H60BrN17O6W2-2. The van der Waals surface area contributed by atoms with E-state index in [4.69, 9.17) is 9.72 Å². The second-order valence-corrected chi connectivity index (χ2v) is 19.9. The molecule has 2 saturated carbocycles. The van der Waals surface area contributed by atoms with Crippen molar-refractivity contribution in [2.75, 3.05) is 11.9 Å². The number of nitrogens with zero attached hydrogens (tertiary/aromatic N) is 16. The molecule has 1 amide bonds. The Labute approximate surface area is 509 Å². The molecule has 12 rings (SSSR count). The molecular weight excluding hydrogens is 1450 g/mol. The van der Waals surface area contributed by atoms with Gasteiger partial charge < -0.3 is 48.7 Å². The number of primary amides is 1. The van der Waals surface area contributed by atoms with E-state index < -0.39 is 0 Å². The summed E-state index contributed by atoms with van der Waals surface area (Å²) in [5, 5.41) is 28.1. The first-order chi connectivity index (χ1) is 37.7. The zero-order chi connectivity index (χ0) is 54.8. The Morgan fingerprint density at radius 1 is 0.671 bits per heavy atom. The average molecular weight is 1510 g/mol. The molecule has 0 radical (unpaired) electrons. The van der Waals surface area contributed by atoms with E-state index >= 15 is 0 Å². The van der Waals surface area contributed by atoms with Crippen LogP contribution in [0.15, 0.2) is 121 Å². The van der Waals surface area contributed by atoms with Crippen LogP contribution in [0.4, 0.5) is 0 Å². The molecule has 0 spiro atoms. The number of phenols is 1. The molecule has 2 aromatic carbocycles. The number of alkyl halides is 1. The predicted molar refractivity (Wildman–Crippen MR) is 306 cm³/mol. The topological polar surface area (TPSA) is 282 Å². The second kappa shape index (κ2) is 27.4. The van der Waals surface area contributed by atoms with Crippen LogP contribution >= 0.6 is 15.9 Å². The summed E-state index contributed by atoms with van der Waals surface area (Å²) < 4.78 is 16.1. The number of halogens is 1. The Balaban J connectivity index is 0.000000235. The summed E-state index contributed by atoms with van der Waals surface area (Å²) in [7, 11) is 0. The third-order valence-electron chi connectivity index (χ3n) is 13.0. The number of ketones is 1. The van der Waals surface area contributed by atoms with Crippen molar-refractivity contribution < 1.29 is 61.6 Å². The minimum absolute atomic E-state index is 0. The van der Waals surface area contributed by atoms with E-state index in [0.717, 1.165) is 37.1 Å². The number of rotatable bonds is 15. The maximum absolute atomic E-state index is 13.8. The van der Waals surface area contributed by atoms with Gasteiger partial charge in [-0.15, -0.1) is 20.4 Å². The molecule has 0 aliphatic heterocycles. The van der Waals surface area contributed by atoms with Crippen LogP contribution in [0.25, 0.3) is 67.9 Å². The van der Waals surface area contributed by atoms with Crippen molar-refractivity contribution in [1.82, 2.24) is 77.7 Å². The number of hydrogen-bond donors (Lipinski definition) is 2. The van der Waals surface area contributed by atoms with Crippen molar-refractivity contribution >= 4 is 49.4 Å². The molecule has 82 heavy (non-hydrogen) atoms. The van der Waals surface area contributed by atoms with Crippen LogP contribution in [-0.4, -0.2) is 106 Å². The summed E-state index contributed by atoms with van der Waals surface area (Å²) in [6.07, 6.45) is 18.3. The van der Waals surface area contributed by atoms with Crippen LogP contribution in [0, 0.1) is 14.9 Å².